The molecule has 2 aliphatic heterocycles. The Morgan fingerprint density at radius 1 is 1.24 bits per heavy atom. The van der Waals surface area contributed by atoms with Gasteiger partial charge in [0, 0.05) is 37.4 Å². The Kier molecular flexibility index (Phi) is 4.37. The smallest absolute Gasteiger partial charge is 0.322 e. The van der Waals surface area contributed by atoms with E-state index in [0.717, 1.165) is 43.1 Å². The Hall–Kier alpha value is -2.45. The number of benzene rings is 1. The Balaban J connectivity index is 1.54. The van der Waals surface area contributed by atoms with E-state index in [0.29, 0.717) is 31.3 Å². The fourth-order valence-corrected chi connectivity index (χ4v) is 3.13. The number of carbonyl (C=O) groups excluding carboxylic acids is 1. The molecule has 1 aromatic carbocycles. The molecule has 2 fully saturated rings. The number of urea groups is 1. The molecule has 0 radical (unpaired) electrons. The molecule has 2 saturated heterocycles. The van der Waals surface area contributed by atoms with Crippen LogP contribution in [-0.2, 0) is 11.3 Å². The first kappa shape index (κ1) is 16.0. The third kappa shape index (κ3) is 3.35. The fraction of sp³-hybridized carbons (Fsp3) is 0.471. The lowest BCUT2D eigenvalue weighted by molar-refractivity contribution is 0.0327. The first-order valence-corrected chi connectivity index (χ1v) is 8.50. The van der Waals surface area contributed by atoms with Gasteiger partial charge in [0.1, 0.15) is 0 Å². The second kappa shape index (κ2) is 6.81. The topological polar surface area (TPSA) is 83.7 Å². The first-order chi connectivity index (χ1) is 12.2. The summed E-state index contributed by atoms with van der Waals surface area (Å²) in [6.07, 6.45) is 0. The van der Waals surface area contributed by atoms with E-state index >= 15 is 0 Å². The predicted molar refractivity (Wildman–Crippen MR) is 91.3 cm³/mol. The number of morpholine rings is 1. The number of carbonyl (C=O) groups is 1. The average Bonchev–Trinajstić information content (AvgIpc) is 3.26. The van der Waals surface area contributed by atoms with Gasteiger partial charge < -0.3 is 14.6 Å². The molecule has 0 atom stereocenters. The van der Waals surface area contributed by atoms with Crippen molar-refractivity contribution in [1.29, 1.82) is 0 Å². The summed E-state index contributed by atoms with van der Waals surface area (Å²) < 4.78 is 10.8. The van der Waals surface area contributed by atoms with Gasteiger partial charge in [0.2, 0.25) is 0 Å². The van der Waals surface area contributed by atoms with E-state index in [2.05, 4.69) is 20.4 Å². The van der Waals surface area contributed by atoms with Gasteiger partial charge in [0.15, 0.2) is 5.82 Å². The van der Waals surface area contributed by atoms with Gasteiger partial charge in [-0.2, -0.15) is 4.98 Å². The van der Waals surface area contributed by atoms with E-state index in [9.17, 15) is 4.79 Å². The molecule has 0 unspecified atom stereocenters. The first-order valence-electron chi connectivity index (χ1n) is 8.50. The highest BCUT2D eigenvalue weighted by atomic mass is 16.5. The van der Waals surface area contributed by atoms with Gasteiger partial charge in [-0.05, 0) is 24.6 Å². The number of nitrogens with zero attached hydrogens (tertiary/aromatic N) is 4. The quantitative estimate of drug-likeness (QED) is 0.904. The van der Waals surface area contributed by atoms with Crippen LogP contribution in [0.2, 0.25) is 0 Å². The summed E-state index contributed by atoms with van der Waals surface area (Å²) in [6, 6.07) is 5.78. The number of aryl methyl sites for hydroxylation is 1. The van der Waals surface area contributed by atoms with Gasteiger partial charge >= 0.3 is 6.03 Å². The third-order valence-electron chi connectivity index (χ3n) is 4.54. The third-order valence-corrected chi connectivity index (χ3v) is 4.54. The monoisotopic (exact) mass is 343 g/mol. The van der Waals surface area contributed by atoms with E-state index in [1.807, 2.05) is 25.1 Å². The molecular weight excluding hydrogens is 322 g/mol. The second-order valence-electron chi connectivity index (χ2n) is 6.29. The maximum Gasteiger partial charge on any atom is 0.322 e. The highest BCUT2D eigenvalue weighted by Gasteiger charge is 2.23. The summed E-state index contributed by atoms with van der Waals surface area (Å²) in [5.74, 6) is 1.14. The molecule has 2 aliphatic rings. The van der Waals surface area contributed by atoms with Crippen molar-refractivity contribution in [1.82, 2.24) is 20.4 Å². The largest absolute Gasteiger partial charge is 0.379 e. The SMILES string of the molecule is Cc1ccc(-c2nc(CN3CCOCC3)no2)cc1N1CCNC1=O. The van der Waals surface area contributed by atoms with Crippen molar-refractivity contribution in [2.24, 2.45) is 0 Å². The zero-order chi connectivity index (χ0) is 17.2. The van der Waals surface area contributed by atoms with Gasteiger partial charge in [-0.25, -0.2) is 4.79 Å². The summed E-state index contributed by atoms with van der Waals surface area (Å²) in [4.78, 5) is 20.4. The van der Waals surface area contributed by atoms with Gasteiger partial charge in [0.05, 0.1) is 19.8 Å². The van der Waals surface area contributed by atoms with Crippen LogP contribution in [0, 0.1) is 6.92 Å². The molecule has 0 saturated carbocycles. The highest BCUT2D eigenvalue weighted by Crippen LogP contribution is 2.28. The van der Waals surface area contributed by atoms with Crippen LogP contribution in [0.1, 0.15) is 11.4 Å². The Morgan fingerprint density at radius 3 is 2.84 bits per heavy atom. The lowest BCUT2D eigenvalue weighted by Crippen LogP contribution is -2.35. The predicted octanol–water partition coefficient (Wildman–Crippen LogP) is 1.41. The van der Waals surface area contributed by atoms with E-state index < -0.39 is 0 Å². The van der Waals surface area contributed by atoms with Crippen molar-refractivity contribution < 1.29 is 14.1 Å². The summed E-state index contributed by atoms with van der Waals surface area (Å²) >= 11 is 0. The number of hydrogen-bond donors (Lipinski definition) is 1. The standard InChI is InChI=1S/C17H21N5O3/c1-12-2-3-13(10-14(12)22-5-4-18-17(22)23)16-19-15(20-25-16)11-21-6-8-24-9-7-21/h2-3,10H,4-9,11H2,1H3,(H,18,23). The molecule has 8 heteroatoms. The molecule has 0 bridgehead atoms. The molecule has 0 aliphatic carbocycles. The maximum atomic E-state index is 11.9. The van der Waals surface area contributed by atoms with E-state index in [1.54, 1.807) is 4.90 Å². The number of anilines is 1. The lowest BCUT2D eigenvalue weighted by Gasteiger charge is -2.24. The fourth-order valence-electron chi connectivity index (χ4n) is 3.13. The summed E-state index contributed by atoms with van der Waals surface area (Å²) in [6.45, 7) is 7.20. The van der Waals surface area contributed by atoms with Crippen molar-refractivity contribution in [3.8, 4) is 11.5 Å². The second-order valence-corrected chi connectivity index (χ2v) is 6.29. The van der Waals surface area contributed by atoms with Gasteiger partial charge in [-0.1, -0.05) is 11.2 Å². The zero-order valence-electron chi connectivity index (χ0n) is 14.2. The van der Waals surface area contributed by atoms with Crippen LogP contribution in [0.5, 0.6) is 0 Å². The molecule has 25 heavy (non-hydrogen) atoms. The molecule has 3 heterocycles. The summed E-state index contributed by atoms with van der Waals surface area (Å²) in [7, 11) is 0. The Labute approximate surface area is 145 Å². The van der Waals surface area contributed by atoms with Crippen molar-refractivity contribution >= 4 is 11.7 Å². The Morgan fingerprint density at radius 2 is 2.08 bits per heavy atom. The van der Waals surface area contributed by atoms with Crippen molar-refractivity contribution in [2.45, 2.75) is 13.5 Å². The number of ether oxygens (including phenoxy) is 1. The minimum atomic E-state index is -0.0706. The van der Waals surface area contributed by atoms with Crippen LogP contribution in [-0.4, -0.2) is 60.5 Å². The van der Waals surface area contributed by atoms with Crippen LogP contribution in [0.4, 0.5) is 10.5 Å². The molecule has 8 nitrogen and oxygen atoms in total. The summed E-state index contributed by atoms with van der Waals surface area (Å²) in [5, 5.41) is 6.91. The van der Waals surface area contributed by atoms with E-state index in [1.165, 1.54) is 0 Å². The zero-order valence-corrected chi connectivity index (χ0v) is 14.2. The number of rotatable bonds is 4. The van der Waals surface area contributed by atoms with Crippen LogP contribution in [0.3, 0.4) is 0 Å². The van der Waals surface area contributed by atoms with Gasteiger partial charge in [-0.15, -0.1) is 0 Å². The van der Waals surface area contributed by atoms with Gasteiger partial charge in [0.25, 0.3) is 5.89 Å². The molecule has 132 valence electrons. The number of nitrogens with one attached hydrogen (secondary N) is 1. The van der Waals surface area contributed by atoms with Crippen LogP contribution in [0.15, 0.2) is 22.7 Å². The summed E-state index contributed by atoms with van der Waals surface area (Å²) in [5.41, 5.74) is 2.73. The van der Waals surface area contributed by atoms with Crippen LogP contribution < -0.4 is 10.2 Å². The molecule has 0 spiro atoms. The lowest BCUT2D eigenvalue weighted by atomic mass is 10.1. The number of aromatic nitrogens is 2. The maximum absolute atomic E-state index is 11.9. The van der Waals surface area contributed by atoms with Crippen molar-refractivity contribution in [3.63, 3.8) is 0 Å². The minimum Gasteiger partial charge on any atom is -0.379 e. The Bertz CT molecular complexity index is 769. The molecule has 2 aromatic rings. The normalized spacial score (nSPS) is 18.6. The number of amides is 2. The molecular formula is C17H21N5O3. The highest BCUT2D eigenvalue weighted by molar-refractivity contribution is 5.95. The average molecular weight is 343 g/mol. The molecule has 1 N–H and O–H groups in total. The van der Waals surface area contributed by atoms with Crippen molar-refractivity contribution in [3.05, 3.63) is 29.6 Å². The van der Waals surface area contributed by atoms with E-state index in [4.69, 9.17) is 9.26 Å². The van der Waals surface area contributed by atoms with Crippen molar-refractivity contribution in [2.75, 3.05) is 44.3 Å². The van der Waals surface area contributed by atoms with E-state index in [-0.39, 0.29) is 6.03 Å². The van der Waals surface area contributed by atoms with Gasteiger partial charge in [-0.3, -0.25) is 9.80 Å². The minimum absolute atomic E-state index is 0.0706. The van der Waals surface area contributed by atoms with Crippen LogP contribution in [0.25, 0.3) is 11.5 Å². The van der Waals surface area contributed by atoms with Crippen LogP contribution >= 0.6 is 0 Å². The molecule has 4 rings (SSSR count). The molecule has 1 aromatic heterocycles. The molecule has 2 amide bonds. The number of hydrogen-bond acceptors (Lipinski definition) is 6.